The summed E-state index contributed by atoms with van der Waals surface area (Å²) < 4.78 is 0. The maximum Gasteiger partial charge on any atom is 0.199 e. The molecule has 8 heteroatoms. The lowest BCUT2D eigenvalue weighted by Crippen LogP contribution is -2.45. The molecule has 0 spiro atoms. The van der Waals surface area contributed by atoms with Crippen molar-refractivity contribution in [2.75, 3.05) is 32.7 Å². The van der Waals surface area contributed by atoms with Crippen LogP contribution in [0.5, 0.6) is 5.88 Å². The second-order valence-corrected chi connectivity index (χ2v) is 9.92. The lowest BCUT2D eigenvalue weighted by Gasteiger charge is -2.34. The van der Waals surface area contributed by atoms with Crippen molar-refractivity contribution in [1.82, 2.24) is 24.8 Å². The zero-order valence-electron chi connectivity index (χ0n) is 22.0. The van der Waals surface area contributed by atoms with E-state index in [9.17, 15) is 5.11 Å². The average Bonchev–Trinajstić information content (AvgIpc) is 3.31. The zero-order valence-corrected chi connectivity index (χ0v) is 22.0. The summed E-state index contributed by atoms with van der Waals surface area (Å²) in [5.74, 6) is 0.0974. The predicted molar refractivity (Wildman–Crippen MR) is 155 cm³/mol. The summed E-state index contributed by atoms with van der Waals surface area (Å²) in [5, 5.41) is 16.8. The first kappa shape index (κ1) is 25.0. The van der Waals surface area contributed by atoms with Crippen LogP contribution in [0.4, 0.5) is 0 Å². The number of pyridine rings is 2. The summed E-state index contributed by atoms with van der Waals surface area (Å²) in [6.07, 6.45) is 3.37. The van der Waals surface area contributed by atoms with Gasteiger partial charge in [0.1, 0.15) is 0 Å². The molecule has 8 nitrogen and oxygen atoms in total. The van der Waals surface area contributed by atoms with Crippen LogP contribution in [0.3, 0.4) is 0 Å². The molecule has 0 atom stereocenters. The number of oxime groups is 1. The largest absolute Gasteiger partial charge is 0.494 e. The Hall–Kier alpha value is -4.27. The first-order valence-electron chi connectivity index (χ1n) is 13.4. The molecule has 0 aliphatic carbocycles. The highest BCUT2D eigenvalue weighted by Crippen LogP contribution is 2.36. The summed E-state index contributed by atoms with van der Waals surface area (Å²) in [7, 11) is 0. The quantitative estimate of drug-likeness (QED) is 0.217. The van der Waals surface area contributed by atoms with Gasteiger partial charge in [-0.2, -0.15) is 0 Å². The number of aromatic amines is 1. The van der Waals surface area contributed by atoms with Crippen LogP contribution in [0, 0.1) is 0 Å². The van der Waals surface area contributed by atoms with E-state index < -0.39 is 0 Å². The first-order valence-corrected chi connectivity index (χ1v) is 13.4. The molecule has 1 saturated heterocycles. The van der Waals surface area contributed by atoms with Gasteiger partial charge in [0.2, 0.25) is 0 Å². The Bertz CT molecular complexity index is 1610. The first-order chi connectivity index (χ1) is 19.2. The summed E-state index contributed by atoms with van der Waals surface area (Å²) in [5.41, 5.74) is 6.11. The normalized spacial score (nSPS) is 15.0. The van der Waals surface area contributed by atoms with Crippen LogP contribution >= 0.6 is 0 Å². The molecule has 2 N–H and O–H groups in total. The van der Waals surface area contributed by atoms with Gasteiger partial charge < -0.3 is 19.8 Å². The van der Waals surface area contributed by atoms with Gasteiger partial charge in [-0.05, 0) is 54.1 Å². The van der Waals surface area contributed by atoms with E-state index in [1.54, 1.807) is 12.4 Å². The molecule has 1 aliphatic heterocycles. The molecule has 4 heterocycles. The average molecular weight is 521 g/mol. The number of aromatic nitrogens is 3. The number of piperazine rings is 1. The summed E-state index contributed by atoms with van der Waals surface area (Å²) in [4.78, 5) is 22.6. The van der Waals surface area contributed by atoms with E-state index in [-0.39, 0.29) is 5.88 Å². The third kappa shape index (κ3) is 5.62. The van der Waals surface area contributed by atoms with Gasteiger partial charge in [0.25, 0.3) is 0 Å². The second-order valence-electron chi connectivity index (χ2n) is 9.92. The van der Waals surface area contributed by atoms with E-state index in [4.69, 9.17) is 9.82 Å². The summed E-state index contributed by atoms with van der Waals surface area (Å²) in [6, 6.07) is 22.1. The molecule has 1 fully saturated rings. The smallest absolute Gasteiger partial charge is 0.199 e. The van der Waals surface area contributed by atoms with Gasteiger partial charge in [-0.15, -0.1) is 0 Å². The van der Waals surface area contributed by atoms with E-state index in [1.165, 1.54) is 5.56 Å². The molecular weight excluding hydrogens is 488 g/mol. The Labute approximate surface area is 227 Å². The minimum atomic E-state index is 0.0974. The maximum atomic E-state index is 10.8. The van der Waals surface area contributed by atoms with Crippen LogP contribution in [0.2, 0.25) is 0 Å². The summed E-state index contributed by atoms with van der Waals surface area (Å²) in [6.45, 7) is 9.10. The van der Waals surface area contributed by atoms with Gasteiger partial charge in [-0.25, -0.2) is 4.98 Å². The van der Waals surface area contributed by atoms with Crippen molar-refractivity contribution in [2.45, 2.75) is 20.1 Å². The molecule has 198 valence electrons. The van der Waals surface area contributed by atoms with Gasteiger partial charge in [-0.3, -0.25) is 9.88 Å². The molecule has 39 heavy (non-hydrogen) atoms. The van der Waals surface area contributed by atoms with Gasteiger partial charge in [0, 0.05) is 55.2 Å². The predicted octanol–water partition coefficient (Wildman–Crippen LogP) is 5.17. The van der Waals surface area contributed by atoms with Crippen molar-refractivity contribution >= 4 is 28.0 Å². The Kier molecular flexibility index (Phi) is 7.21. The standard InChI is InChI=1S/C31H32N6O2/c1-2-36-13-15-37(16-14-36)20-23-7-10-27-24(17-23)8-11-28(34-27)30-26-9-6-22(18-29(26)35-31(30)38)19-33-39-21-25-5-3-4-12-32-25/h3-12,17-19,35,38H,2,13-16,20-21H2,1H3. The number of nitrogens with zero attached hydrogens (tertiary/aromatic N) is 5. The second kappa shape index (κ2) is 11.2. The molecule has 2 aromatic carbocycles. The zero-order chi connectivity index (χ0) is 26.6. The molecule has 0 amide bonds. The fraction of sp³-hybridized carbons (Fsp3) is 0.258. The fourth-order valence-corrected chi connectivity index (χ4v) is 5.16. The fourth-order valence-electron chi connectivity index (χ4n) is 5.16. The van der Waals surface area contributed by atoms with Crippen LogP contribution < -0.4 is 0 Å². The Balaban J connectivity index is 1.17. The number of aromatic hydroxyl groups is 1. The van der Waals surface area contributed by atoms with Crippen LogP contribution in [0.1, 0.15) is 23.7 Å². The van der Waals surface area contributed by atoms with Crippen molar-refractivity contribution in [2.24, 2.45) is 5.16 Å². The third-order valence-electron chi connectivity index (χ3n) is 7.35. The number of likely N-dealkylation sites (N-methyl/N-ethyl adjacent to an activating group) is 1. The monoisotopic (exact) mass is 520 g/mol. The molecule has 5 aromatic rings. The molecular formula is C31H32N6O2. The minimum Gasteiger partial charge on any atom is -0.494 e. The van der Waals surface area contributed by atoms with Gasteiger partial charge >= 0.3 is 0 Å². The molecule has 6 rings (SSSR count). The molecule has 0 unspecified atom stereocenters. The van der Waals surface area contributed by atoms with E-state index in [2.05, 4.69) is 56.1 Å². The number of fused-ring (bicyclic) bond motifs is 2. The highest BCUT2D eigenvalue weighted by Gasteiger charge is 2.17. The van der Waals surface area contributed by atoms with Crippen molar-refractivity contribution in [3.8, 4) is 17.1 Å². The van der Waals surface area contributed by atoms with Crippen LogP contribution in [0.25, 0.3) is 33.1 Å². The van der Waals surface area contributed by atoms with E-state index >= 15 is 0 Å². The van der Waals surface area contributed by atoms with E-state index in [1.807, 2.05) is 42.5 Å². The SMILES string of the molecule is CCN1CCN(Cc2ccc3nc(-c4c(O)[nH]c5cc(C=NOCc6ccccn6)ccc45)ccc3c2)CC1. The van der Waals surface area contributed by atoms with Crippen molar-refractivity contribution in [3.63, 3.8) is 0 Å². The lowest BCUT2D eigenvalue weighted by atomic mass is 10.1. The molecule has 0 bridgehead atoms. The number of nitrogens with one attached hydrogen (secondary N) is 1. The van der Waals surface area contributed by atoms with Crippen LogP contribution in [0.15, 0.2) is 78.1 Å². The van der Waals surface area contributed by atoms with Gasteiger partial charge in [0.05, 0.1) is 28.7 Å². The molecule has 0 radical (unpaired) electrons. The van der Waals surface area contributed by atoms with Crippen LogP contribution in [-0.2, 0) is 18.0 Å². The van der Waals surface area contributed by atoms with Crippen LogP contribution in [-0.4, -0.2) is 68.8 Å². The number of H-pyrrole nitrogens is 1. The maximum absolute atomic E-state index is 10.8. The highest BCUT2D eigenvalue weighted by atomic mass is 16.6. The molecule has 1 aliphatic rings. The number of hydrogen-bond donors (Lipinski definition) is 2. The van der Waals surface area contributed by atoms with Gasteiger partial charge in [-0.1, -0.05) is 42.4 Å². The lowest BCUT2D eigenvalue weighted by molar-refractivity contribution is 0.129. The highest BCUT2D eigenvalue weighted by molar-refractivity contribution is 6.01. The van der Waals surface area contributed by atoms with E-state index in [0.717, 1.165) is 78.0 Å². The topological polar surface area (TPSA) is 89.9 Å². The number of hydrogen-bond acceptors (Lipinski definition) is 7. The van der Waals surface area contributed by atoms with E-state index in [0.29, 0.717) is 12.2 Å². The summed E-state index contributed by atoms with van der Waals surface area (Å²) >= 11 is 0. The molecule has 3 aromatic heterocycles. The van der Waals surface area contributed by atoms with Gasteiger partial charge in [0.15, 0.2) is 12.5 Å². The van der Waals surface area contributed by atoms with Crippen molar-refractivity contribution < 1.29 is 9.94 Å². The van der Waals surface area contributed by atoms with Crippen molar-refractivity contribution in [1.29, 1.82) is 0 Å². The molecule has 0 saturated carbocycles. The van der Waals surface area contributed by atoms with Crippen molar-refractivity contribution in [3.05, 3.63) is 89.7 Å². The Morgan fingerprint density at radius 2 is 1.87 bits per heavy atom. The minimum absolute atomic E-state index is 0.0974. The Morgan fingerprint density at radius 1 is 1.00 bits per heavy atom. The Morgan fingerprint density at radius 3 is 2.69 bits per heavy atom. The number of benzene rings is 2. The third-order valence-corrected chi connectivity index (χ3v) is 7.35. The number of rotatable bonds is 8.